The molecule has 2 aromatic carbocycles. The first-order valence-electron chi connectivity index (χ1n) is 10.0. The topological polar surface area (TPSA) is 98.2 Å². The zero-order valence-corrected chi connectivity index (χ0v) is 18.4. The number of nitrogens with two attached hydrogens (primary N) is 1. The zero-order chi connectivity index (χ0) is 22.2. The van der Waals surface area contributed by atoms with Crippen LogP contribution in [0, 0.1) is 13.8 Å². The van der Waals surface area contributed by atoms with E-state index in [1.54, 1.807) is 17.6 Å². The molecule has 0 aliphatic carbocycles. The standard InChI is InChI=1S/C24H20N6OS/c1-14-9-10-15(2)19(12-14)29-24(31)20-21-23(28-18-8-4-3-7-17(18)27-21)30(22(20)25)26-13-16-6-5-11-32-16/h3-13H,25H2,1-2H3,(H,29,31). The van der Waals surface area contributed by atoms with Crippen LogP contribution in [-0.4, -0.2) is 26.8 Å². The molecule has 0 saturated heterocycles. The van der Waals surface area contributed by atoms with Gasteiger partial charge in [0.15, 0.2) is 5.65 Å². The Morgan fingerprint density at radius 3 is 2.62 bits per heavy atom. The predicted octanol–water partition coefficient (Wildman–Crippen LogP) is 4.98. The first-order valence-corrected chi connectivity index (χ1v) is 10.9. The van der Waals surface area contributed by atoms with Crippen molar-refractivity contribution >= 4 is 57.2 Å². The lowest BCUT2D eigenvalue weighted by molar-refractivity contribution is 0.102. The average Bonchev–Trinajstić information content (AvgIpc) is 3.39. The number of aryl methyl sites for hydroxylation is 2. The Morgan fingerprint density at radius 1 is 1.09 bits per heavy atom. The molecule has 0 aliphatic heterocycles. The van der Waals surface area contributed by atoms with Crippen molar-refractivity contribution in [3.8, 4) is 0 Å². The van der Waals surface area contributed by atoms with Crippen LogP contribution in [0.4, 0.5) is 11.5 Å². The number of carbonyl (C=O) groups excluding carboxylic acids is 1. The summed E-state index contributed by atoms with van der Waals surface area (Å²) in [7, 11) is 0. The van der Waals surface area contributed by atoms with Crippen molar-refractivity contribution < 1.29 is 4.79 Å². The number of nitrogens with one attached hydrogen (secondary N) is 1. The summed E-state index contributed by atoms with van der Waals surface area (Å²) in [4.78, 5) is 23.8. The minimum absolute atomic E-state index is 0.186. The highest BCUT2D eigenvalue weighted by molar-refractivity contribution is 7.11. The number of rotatable bonds is 4. The highest BCUT2D eigenvalue weighted by atomic mass is 32.1. The summed E-state index contributed by atoms with van der Waals surface area (Å²) < 4.78 is 1.48. The van der Waals surface area contributed by atoms with Crippen LogP contribution in [0.1, 0.15) is 26.4 Å². The number of nitrogen functional groups attached to an aromatic ring is 1. The van der Waals surface area contributed by atoms with Crippen molar-refractivity contribution in [2.45, 2.75) is 13.8 Å². The molecular weight excluding hydrogens is 420 g/mol. The normalized spacial score (nSPS) is 11.6. The lowest BCUT2D eigenvalue weighted by Crippen LogP contribution is -2.15. The van der Waals surface area contributed by atoms with Crippen LogP contribution < -0.4 is 11.1 Å². The second-order valence-corrected chi connectivity index (χ2v) is 8.47. The number of thiophene rings is 1. The lowest BCUT2D eigenvalue weighted by Gasteiger charge is -2.09. The molecule has 0 radical (unpaired) electrons. The quantitative estimate of drug-likeness (QED) is 0.385. The largest absolute Gasteiger partial charge is 0.383 e. The molecule has 0 saturated carbocycles. The van der Waals surface area contributed by atoms with E-state index in [0.717, 1.165) is 21.7 Å². The number of para-hydroxylation sites is 2. The van der Waals surface area contributed by atoms with Crippen LogP contribution in [0.15, 0.2) is 65.1 Å². The van der Waals surface area contributed by atoms with E-state index in [0.29, 0.717) is 22.2 Å². The molecule has 0 fully saturated rings. The third kappa shape index (κ3) is 3.50. The number of anilines is 2. The van der Waals surface area contributed by atoms with Crippen LogP contribution >= 0.6 is 11.3 Å². The zero-order valence-electron chi connectivity index (χ0n) is 17.5. The van der Waals surface area contributed by atoms with E-state index in [1.165, 1.54) is 4.68 Å². The molecular formula is C24H20N6OS. The highest BCUT2D eigenvalue weighted by Crippen LogP contribution is 2.29. The maximum atomic E-state index is 13.4. The van der Waals surface area contributed by atoms with Crippen LogP contribution in [0.25, 0.3) is 22.2 Å². The van der Waals surface area contributed by atoms with Gasteiger partial charge in [0, 0.05) is 10.6 Å². The van der Waals surface area contributed by atoms with Gasteiger partial charge in [-0.15, -0.1) is 11.3 Å². The summed E-state index contributed by atoms with van der Waals surface area (Å²) in [6.45, 7) is 3.92. The van der Waals surface area contributed by atoms with Gasteiger partial charge in [-0.2, -0.15) is 9.78 Å². The Labute approximate surface area is 188 Å². The van der Waals surface area contributed by atoms with Gasteiger partial charge in [0.25, 0.3) is 5.91 Å². The van der Waals surface area contributed by atoms with Crippen molar-refractivity contribution in [3.63, 3.8) is 0 Å². The Balaban J connectivity index is 1.68. The molecule has 3 aromatic heterocycles. The Bertz CT molecular complexity index is 1500. The van der Waals surface area contributed by atoms with Crippen LogP contribution in [-0.2, 0) is 0 Å². The second-order valence-electron chi connectivity index (χ2n) is 7.49. The van der Waals surface area contributed by atoms with Crippen LogP contribution in [0.3, 0.4) is 0 Å². The first-order chi connectivity index (χ1) is 15.5. The minimum atomic E-state index is -0.351. The number of hydrogen-bond donors (Lipinski definition) is 2. The first kappa shape index (κ1) is 19.9. The van der Waals surface area contributed by atoms with Gasteiger partial charge < -0.3 is 11.1 Å². The summed E-state index contributed by atoms with van der Waals surface area (Å²) in [6, 6.07) is 17.3. The fourth-order valence-electron chi connectivity index (χ4n) is 3.52. The molecule has 8 heteroatoms. The molecule has 7 nitrogen and oxygen atoms in total. The van der Waals surface area contributed by atoms with Gasteiger partial charge in [-0.05, 0) is 54.6 Å². The van der Waals surface area contributed by atoms with Gasteiger partial charge in [0.05, 0.1) is 17.2 Å². The Kier molecular flexibility index (Phi) is 4.91. The van der Waals surface area contributed by atoms with Gasteiger partial charge in [-0.25, -0.2) is 9.97 Å². The Morgan fingerprint density at radius 2 is 1.88 bits per heavy atom. The van der Waals surface area contributed by atoms with Crippen LogP contribution in [0.5, 0.6) is 0 Å². The van der Waals surface area contributed by atoms with E-state index in [9.17, 15) is 4.79 Å². The molecule has 0 unspecified atom stereocenters. The molecule has 5 aromatic rings. The fraction of sp³-hybridized carbons (Fsp3) is 0.0833. The number of fused-ring (bicyclic) bond motifs is 2. The lowest BCUT2D eigenvalue weighted by atomic mass is 10.1. The molecule has 32 heavy (non-hydrogen) atoms. The molecule has 3 heterocycles. The summed E-state index contributed by atoms with van der Waals surface area (Å²) >= 11 is 1.56. The maximum absolute atomic E-state index is 13.4. The SMILES string of the molecule is Cc1ccc(C)c(NC(=O)c2c(N)n(N=Cc3cccs3)c3nc4ccccc4nc23)c1. The number of amides is 1. The summed E-state index contributed by atoms with van der Waals surface area (Å²) in [5, 5.41) is 9.47. The van der Waals surface area contributed by atoms with E-state index >= 15 is 0 Å². The van der Waals surface area contributed by atoms with E-state index in [2.05, 4.69) is 10.4 Å². The molecule has 0 bridgehead atoms. The van der Waals surface area contributed by atoms with Crippen molar-refractivity contribution in [1.82, 2.24) is 14.6 Å². The third-order valence-electron chi connectivity index (χ3n) is 5.19. The molecule has 0 spiro atoms. The number of aromatic nitrogens is 3. The smallest absolute Gasteiger partial charge is 0.261 e. The number of carbonyl (C=O) groups is 1. The summed E-state index contributed by atoms with van der Waals surface area (Å²) in [5.74, 6) is -0.165. The molecule has 0 aliphatic rings. The van der Waals surface area contributed by atoms with Crippen molar-refractivity contribution in [1.29, 1.82) is 0 Å². The summed E-state index contributed by atoms with van der Waals surface area (Å²) in [5.41, 5.74) is 11.7. The van der Waals surface area contributed by atoms with Crippen molar-refractivity contribution in [2.24, 2.45) is 5.10 Å². The highest BCUT2D eigenvalue weighted by Gasteiger charge is 2.24. The monoisotopic (exact) mass is 440 g/mol. The van der Waals surface area contributed by atoms with Crippen LogP contribution in [0.2, 0.25) is 0 Å². The number of hydrogen-bond acceptors (Lipinski definition) is 6. The van der Waals surface area contributed by atoms with E-state index in [4.69, 9.17) is 15.7 Å². The second kappa shape index (κ2) is 7.90. The minimum Gasteiger partial charge on any atom is -0.383 e. The van der Waals surface area contributed by atoms with Gasteiger partial charge in [0.2, 0.25) is 0 Å². The molecule has 3 N–H and O–H groups in total. The molecule has 5 rings (SSSR count). The van der Waals surface area contributed by atoms with Crippen molar-refractivity contribution in [3.05, 3.63) is 81.5 Å². The number of benzene rings is 2. The van der Waals surface area contributed by atoms with Gasteiger partial charge in [-0.3, -0.25) is 4.79 Å². The average molecular weight is 441 g/mol. The third-order valence-corrected chi connectivity index (χ3v) is 5.99. The molecule has 0 atom stereocenters. The fourth-order valence-corrected chi connectivity index (χ4v) is 4.10. The van der Waals surface area contributed by atoms with E-state index < -0.39 is 0 Å². The Hall–Kier alpha value is -4.04. The maximum Gasteiger partial charge on any atom is 0.261 e. The number of nitrogens with zero attached hydrogens (tertiary/aromatic N) is 4. The summed E-state index contributed by atoms with van der Waals surface area (Å²) in [6.07, 6.45) is 1.70. The van der Waals surface area contributed by atoms with Gasteiger partial charge in [0.1, 0.15) is 16.9 Å². The van der Waals surface area contributed by atoms with E-state index in [1.807, 2.05) is 73.8 Å². The molecule has 1 amide bonds. The van der Waals surface area contributed by atoms with Gasteiger partial charge >= 0.3 is 0 Å². The van der Waals surface area contributed by atoms with E-state index in [-0.39, 0.29) is 17.3 Å². The predicted molar refractivity (Wildman–Crippen MR) is 131 cm³/mol. The molecule has 158 valence electrons. The van der Waals surface area contributed by atoms with Crippen molar-refractivity contribution in [2.75, 3.05) is 11.1 Å². The van der Waals surface area contributed by atoms with Gasteiger partial charge in [-0.1, -0.05) is 30.3 Å².